The van der Waals surface area contributed by atoms with Crippen LogP contribution in [0.4, 0.5) is 11.5 Å². The van der Waals surface area contributed by atoms with Gasteiger partial charge in [0.2, 0.25) is 0 Å². The standard InChI is InChI=1S/C13H14N4O3S/c1-21(19,20)10-6-4-9(5-7-10)16-13(18)11-3-2-8-15-12(11)17-14/h2-8H,14H2,1H3,(H,15,17)(H,16,18). The van der Waals surface area contributed by atoms with Crippen molar-refractivity contribution in [1.82, 2.24) is 4.98 Å². The number of nitrogens with one attached hydrogen (secondary N) is 2. The lowest BCUT2D eigenvalue weighted by Crippen LogP contribution is -2.18. The van der Waals surface area contributed by atoms with Gasteiger partial charge < -0.3 is 10.7 Å². The molecular weight excluding hydrogens is 292 g/mol. The molecule has 0 atom stereocenters. The molecule has 8 heteroatoms. The van der Waals surface area contributed by atoms with Crippen LogP contribution in [0.5, 0.6) is 0 Å². The number of amides is 1. The molecule has 1 heterocycles. The number of nitrogen functional groups attached to an aromatic ring is 1. The topological polar surface area (TPSA) is 114 Å². The molecule has 1 aromatic heterocycles. The van der Waals surface area contributed by atoms with Gasteiger partial charge in [-0.1, -0.05) is 0 Å². The molecule has 0 saturated heterocycles. The monoisotopic (exact) mass is 306 g/mol. The van der Waals surface area contributed by atoms with Gasteiger partial charge in [-0.25, -0.2) is 19.2 Å². The largest absolute Gasteiger partial charge is 0.322 e. The predicted molar refractivity (Wildman–Crippen MR) is 79.6 cm³/mol. The normalized spacial score (nSPS) is 11.0. The molecule has 2 rings (SSSR count). The van der Waals surface area contributed by atoms with Crippen molar-refractivity contribution in [1.29, 1.82) is 0 Å². The second-order valence-electron chi connectivity index (χ2n) is 4.29. The average molecular weight is 306 g/mol. The Hall–Kier alpha value is -2.45. The number of anilines is 2. The zero-order valence-electron chi connectivity index (χ0n) is 11.2. The van der Waals surface area contributed by atoms with E-state index in [9.17, 15) is 13.2 Å². The first-order valence-corrected chi connectivity index (χ1v) is 7.84. The highest BCUT2D eigenvalue weighted by Gasteiger charge is 2.12. The van der Waals surface area contributed by atoms with Gasteiger partial charge in [-0.3, -0.25) is 4.79 Å². The summed E-state index contributed by atoms with van der Waals surface area (Å²) >= 11 is 0. The van der Waals surface area contributed by atoms with Crippen LogP contribution >= 0.6 is 0 Å². The molecule has 21 heavy (non-hydrogen) atoms. The second-order valence-corrected chi connectivity index (χ2v) is 6.31. The third-order valence-corrected chi connectivity index (χ3v) is 3.86. The van der Waals surface area contributed by atoms with Crippen molar-refractivity contribution in [3.63, 3.8) is 0 Å². The number of nitrogens with zero attached hydrogens (tertiary/aromatic N) is 1. The fourth-order valence-corrected chi connectivity index (χ4v) is 2.32. The summed E-state index contributed by atoms with van der Waals surface area (Å²) < 4.78 is 22.7. The number of sulfone groups is 1. The minimum Gasteiger partial charge on any atom is -0.322 e. The third kappa shape index (κ3) is 3.56. The zero-order valence-corrected chi connectivity index (χ0v) is 12.0. The van der Waals surface area contributed by atoms with E-state index >= 15 is 0 Å². The molecule has 2 aromatic rings. The zero-order chi connectivity index (χ0) is 15.5. The van der Waals surface area contributed by atoms with Gasteiger partial charge in [-0.05, 0) is 36.4 Å². The highest BCUT2D eigenvalue weighted by atomic mass is 32.2. The van der Waals surface area contributed by atoms with Crippen molar-refractivity contribution < 1.29 is 13.2 Å². The number of benzene rings is 1. The van der Waals surface area contributed by atoms with Crippen LogP contribution in [0, 0.1) is 0 Å². The minimum absolute atomic E-state index is 0.186. The van der Waals surface area contributed by atoms with Gasteiger partial charge in [0.25, 0.3) is 5.91 Å². The maximum Gasteiger partial charge on any atom is 0.259 e. The van der Waals surface area contributed by atoms with Gasteiger partial charge in [-0.15, -0.1) is 0 Å². The summed E-state index contributed by atoms with van der Waals surface area (Å²) in [6.45, 7) is 0. The SMILES string of the molecule is CS(=O)(=O)c1ccc(NC(=O)c2cccnc2NN)cc1. The maximum absolute atomic E-state index is 12.1. The van der Waals surface area contributed by atoms with Gasteiger partial charge in [0.05, 0.1) is 10.5 Å². The van der Waals surface area contributed by atoms with Gasteiger partial charge in [-0.2, -0.15) is 0 Å². The van der Waals surface area contributed by atoms with Crippen molar-refractivity contribution >= 4 is 27.2 Å². The molecule has 0 aliphatic carbocycles. The third-order valence-electron chi connectivity index (χ3n) is 2.73. The molecule has 0 aliphatic heterocycles. The minimum atomic E-state index is -3.26. The molecule has 0 bridgehead atoms. The quantitative estimate of drug-likeness (QED) is 0.574. The Labute approximate surface area is 122 Å². The maximum atomic E-state index is 12.1. The lowest BCUT2D eigenvalue weighted by molar-refractivity contribution is 0.102. The molecule has 7 nitrogen and oxygen atoms in total. The fourth-order valence-electron chi connectivity index (χ4n) is 1.69. The molecule has 1 amide bonds. The van der Waals surface area contributed by atoms with E-state index < -0.39 is 15.7 Å². The predicted octanol–water partition coefficient (Wildman–Crippen LogP) is 1.02. The Morgan fingerprint density at radius 3 is 2.43 bits per heavy atom. The summed E-state index contributed by atoms with van der Waals surface area (Å²) in [6, 6.07) is 9.07. The van der Waals surface area contributed by atoms with Crippen molar-refractivity contribution in [2.75, 3.05) is 17.0 Å². The van der Waals surface area contributed by atoms with Crippen molar-refractivity contribution in [2.45, 2.75) is 4.90 Å². The second kappa shape index (κ2) is 5.90. The number of hydrazine groups is 1. The van der Waals surface area contributed by atoms with E-state index in [1.807, 2.05) is 0 Å². The van der Waals surface area contributed by atoms with Crippen LogP contribution in [0.3, 0.4) is 0 Å². The average Bonchev–Trinajstić information content (AvgIpc) is 2.46. The number of pyridine rings is 1. The van der Waals surface area contributed by atoms with Gasteiger partial charge in [0.1, 0.15) is 0 Å². The van der Waals surface area contributed by atoms with E-state index in [0.29, 0.717) is 5.69 Å². The van der Waals surface area contributed by atoms with Crippen molar-refractivity contribution in [3.8, 4) is 0 Å². The molecule has 0 spiro atoms. The number of hydrogen-bond donors (Lipinski definition) is 3. The molecule has 110 valence electrons. The van der Waals surface area contributed by atoms with Gasteiger partial charge in [0, 0.05) is 18.1 Å². The van der Waals surface area contributed by atoms with Crippen LogP contribution in [0.25, 0.3) is 0 Å². The number of aromatic nitrogens is 1. The van der Waals surface area contributed by atoms with Crippen LogP contribution in [-0.4, -0.2) is 25.6 Å². The van der Waals surface area contributed by atoms with E-state index in [0.717, 1.165) is 6.26 Å². The number of nitrogens with two attached hydrogens (primary N) is 1. The van der Waals surface area contributed by atoms with Gasteiger partial charge >= 0.3 is 0 Å². The Morgan fingerprint density at radius 2 is 1.86 bits per heavy atom. The van der Waals surface area contributed by atoms with Crippen LogP contribution in [0.2, 0.25) is 0 Å². The summed E-state index contributed by atoms with van der Waals surface area (Å²) in [5.74, 6) is 5.14. The Morgan fingerprint density at radius 1 is 1.19 bits per heavy atom. The molecular formula is C13H14N4O3S. The first-order chi connectivity index (χ1) is 9.91. The molecule has 0 aliphatic rings. The summed E-state index contributed by atoms with van der Waals surface area (Å²) in [4.78, 5) is 16.2. The molecule has 0 unspecified atom stereocenters. The Kier molecular flexibility index (Phi) is 4.20. The summed E-state index contributed by atoms with van der Waals surface area (Å²) in [5.41, 5.74) is 3.10. The highest BCUT2D eigenvalue weighted by molar-refractivity contribution is 7.90. The smallest absolute Gasteiger partial charge is 0.259 e. The van der Waals surface area contributed by atoms with E-state index in [1.165, 1.54) is 30.5 Å². The van der Waals surface area contributed by atoms with E-state index in [2.05, 4.69) is 15.7 Å². The molecule has 4 N–H and O–H groups in total. The molecule has 1 aromatic carbocycles. The Bertz CT molecular complexity index is 757. The molecule has 0 saturated carbocycles. The van der Waals surface area contributed by atoms with E-state index in [-0.39, 0.29) is 16.3 Å². The highest BCUT2D eigenvalue weighted by Crippen LogP contribution is 2.16. The van der Waals surface area contributed by atoms with E-state index in [1.54, 1.807) is 12.1 Å². The van der Waals surface area contributed by atoms with Crippen LogP contribution in [-0.2, 0) is 9.84 Å². The van der Waals surface area contributed by atoms with Crippen LogP contribution in [0.15, 0.2) is 47.5 Å². The van der Waals surface area contributed by atoms with Crippen molar-refractivity contribution in [2.24, 2.45) is 5.84 Å². The lowest BCUT2D eigenvalue weighted by atomic mass is 10.2. The lowest BCUT2D eigenvalue weighted by Gasteiger charge is -2.09. The molecule has 0 radical (unpaired) electrons. The molecule has 0 fully saturated rings. The first-order valence-electron chi connectivity index (χ1n) is 5.95. The summed E-state index contributed by atoms with van der Waals surface area (Å²) in [5, 5.41) is 2.64. The summed E-state index contributed by atoms with van der Waals surface area (Å²) in [7, 11) is -3.26. The fraction of sp³-hybridized carbons (Fsp3) is 0.0769. The number of rotatable bonds is 4. The van der Waals surface area contributed by atoms with E-state index in [4.69, 9.17) is 5.84 Å². The first kappa shape index (κ1) is 14.9. The number of carbonyl (C=O) groups excluding carboxylic acids is 1. The van der Waals surface area contributed by atoms with Crippen molar-refractivity contribution in [3.05, 3.63) is 48.2 Å². The van der Waals surface area contributed by atoms with Gasteiger partial charge in [0.15, 0.2) is 15.7 Å². The Balaban J connectivity index is 2.20. The number of hydrogen-bond acceptors (Lipinski definition) is 6. The number of carbonyl (C=O) groups is 1. The van der Waals surface area contributed by atoms with Crippen LogP contribution < -0.4 is 16.6 Å². The summed E-state index contributed by atoms with van der Waals surface area (Å²) in [6.07, 6.45) is 2.63. The van der Waals surface area contributed by atoms with Crippen LogP contribution in [0.1, 0.15) is 10.4 Å².